The van der Waals surface area contributed by atoms with Crippen molar-refractivity contribution in [2.75, 3.05) is 0 Å². The summed E-state index contributed by atoms with van der Waals surface area (Å²) in [6, 6.07) is 0. The van der Waals surface area contributed by atoms with Crippen LogP contribution in [-0.4, -0.2) is 114 Å². The van der Waals surface area contributed by atoms with E-state index in [0.717, 1.165) is 0 Å². The average Bonchev–Trinajstić information content (AvgIpc) is 1.76. The molecule has 18 heavy (non-hydrogen) atoms. The zero-order valence-electron chi connectivity index (χ0n) is 8.10. The van der Waals surface area contributed by atoms with Gasteiger partial charge in [-0.2, -0.15) is 0 Å². The third kappa shape index (κ3) is 1030. The Labute approximate surface area is 157 Å². The summed E-state index contributed by atoms with van der Waals surface area (Å²) in [5.41, 5.74) is 0. The molecule has 0 aromatic carbocycles. The Morgan fingerprint density at radius 1 is 0.556 bits per heavy atom. The molecular weight excluding hydrogens is 385 g/mol. The van der Waals surface area contributed by atoms with Gasteiger partial charge in [0.05, 0.1) is 45.4 Å². The minimum absolute atomic E-state index is 0. The van der Waals surface area contributed by atoms with Crippen molar-refractivity contribution in [3.05, 3.63) is 0 Å². The summed E-state index contributed by atoms with van der Waals surface area (Å²) in [6.45, 7) is 0. The van der Waals surface area contributed by atoms with E-state index in [0.29, 0.717) is 0 Å². The van der Waals surface area contributed by atoms with E-state index in [2.05, 4.69) is 0 Å². The number of hydrogen-bond donors (Lipinski definition) is 4. The van der Waals surface area contributed by atoms with Crippen molar-refractivity contribution in [1.82, 2.24) is 0 Å². The first-order chi connectivity index (χ1) is 6.93. The molecule has 0 rings (SSSR count). The standard InChI is InChI=1S/Ca.Mg.4H2O3S/c;;4*1-4(2)3/h;;4*(H2,1,2,3)/q2*+2;;;;/p-4. The van der Waals surface area contributed by atoms with Gasteiger partial charge >= 0.3 is 60.8 Å². The average molecular weight is 389 g/mol. The van der Waals surface area contributed by atoms with E-state index < -0.39 is 45.4 Å². The van der Waals surface area contributed by atoms with Crippen LogP contribution < -0.4 is 0 Å². The normalized spacial score (nSPS) is 13.8. The molecule has 12 nitrogen and oxygen atoms in total. The molecule has 0 radical (unpaired) electrons. The Morgan fingerprint density at radius 2 is 0.556 bits per heavy atom. The second-order valence-electron chi connectivity index (χ2n) is 0.868. The molecule has 0 aliphatic rings. The molecule has 0 aromatic heterocycles. The molecule has 0 spiro atoms. The van der Waals surface area contributed by atoms with Gasteiger partial charge in [0.25, 0.3) is 0 Å². The molecule has 18 heteroatoms. The van der Waals surface area contributed by atoms with Gasteiger partial charge in [-0.25, -0.2) is 16.8 Å². The molecular formula is H4CaMgO12S4. The van der Waals surface area contributed by atoms with Crippen LogP contribution in [0.4, 0.5) is 0 Å². The zero-order chi connectivity index (χ0) is 14.3. The number of rotatable bonds is 0. The fourth-order valence-corrected chi connectivity index (χ4v) is 0. The third-order valence-corrected chi connectivity index (χ3v) is 0. The Kier molecular flexibility index (Phi) is 64.9. The summed E-state index contributed by atoms with van der Waals surface area (Å²) in [7, 11) is 0. The Hall–Kier alpha value is 2.31. The Balaban J connectivity index is -0.0000000257. The fourth-order valence-electron chi connectivity index (χ4n) is 0. The molecule has 0 aliphatic carbocycles. The largest absolute Gasteiger partial charge is 2.00 e. The van der Waals surface area contributed by atoms with Crippen LogP contribution in [0.5, 0.6) is 0 Å². The molecule has 104 valence electrons. The van der Waals surface area contributed by atoms with Gasteiger partial charge in [-0.1, -0.05) is 0 Å². The summed E-state index contributed by atoms with van der Waals surface area (Å²) in [4.78, 5) is 0. The molecule has 0 bridgehead atoms. The first-order valence-corrected chi connectivity index (χ1v) is 6.19. The minimum atomic E-state index is -2.86. The summed E-state index contributed by atoms with van der Waals surface area (Å²) >= 11 is -11.4. The predicted octanol–water partition coefficient (Wildman–Crippen LogP) is -3.41. The molecule has 4 atom stereocenters. The molecule has 0 fully saturated rings. The van der Waals surface area contributed by atoms with Gasteiger partial charge in [-0.15, -0.1) is 0 Å². The molecule has 0 saturated heterocycles. The van der Waals surface area contributed by atoms with Crippen LogP contribution in [0.2, 0.25) is 0 Å². The van der Waals surface area contributed by atoms with Crippen LogP contribution >= 0.6 is 0 Å². The van der Waals surface area contributed by atoms with Crippen LogP contribution in [0, 0.1) is 0 Å². The van der Waals surface area contributed by atoms with Crippen LogP contribution in [0.15, 0.2) is 0 Å². The van der Waals surface area contributed by atoms with E-state index in [-0.39, 0.29) is 60.8 Å². The second-order valence-corrected chi connectivity index (χ2v) is 2.61. The van der Waals surface area contributed by atoms with Gasteiger partial charge in [-0.3, -0.25) is 0 Å². The van der Waals surface area contributed by atoms with Crippen molar-refractivity contribution in [2.45, 2.75) is 0 Å². The molecule has 4 N–H and O–H groups in total. The van der Waals surface area contributed by atoms with Crippen molar-refractivity contribution in [3.63, 3.8) is 0 Å². The first-order valence-electron chi connectivity index (χ1n) is 2.06. The first kappa shape index (κ1) is 37.0. The molecule has 4 unspecified atom stereocenters. The molecule has 0 saturated carbocycles. The monoisotopic (exact) mass is 388 g/mol. The van der Waals surface area contributed by atoms with Gasteiger partial charge in [-0.05, 0) is 0 Å². The van der Waals surface area contributed by atoms with Crippen molar-refractivity contribution >= 4 is 106 Å². The van der Waals surface area contributed by atoms with E-state index in [1.807, 2.05) is 0 Å². The van der Waals surface area contributed by atoms with E-state index >= 15 is 0 Å². The summed E-state index contributed by atoms with van der Waals surface area (Å²) in [6.07, 6.45) is 0. The van der Waals surface area contributed by atoms with E-state index in [4.69, 9.17) is 53.3 Å². The van der Waals surface area contributed by atoms with Crippen LogP contribution in [0.3, 0.4) is 0 Å². The van der Waals surface area contributed by atoms with E-state index in [9.17, 15) is 0 Å². The topological polar surface area (TPSA) is 241 Å². The van der Waals surface area contributed by atoms with Crippen molar-refractivity contribution < 1.29 is 53.3 Å². The van der Waals surface area contributed by atoms with Crippen molar-refractivity contribution in [2.24, 2.45) is 0 Å². The Bertz CT molecular complexity index is 164. The van der Waals surface area contributed by atoms with Gasteiger partial charge in [0.2, 0.25) is 0 Å². The maximum atomic E-state index is 8.56. The molecule has 0 heterocycles. The van der Waals surface area contributed by atoms with Crippen LogP contribution in [0.25, 0.3) is 0 Å². The predicted molar refractivity (Wildman–Crippen MR) is 57.7 cm³/mol. The SMILES string of the molecule is O=S([O-])O.O=S([O-])O.O=S([O-])O.O=S([O-])O.[Ca+2].[Mg+2]. The maximum absolute atomic E-state index is 8.56. The van der Waals surface area contributed by atoms with Gasteiger partial charge < -0.3 is 36.4 Å². The zero-order valence-corrected chi connectivity index (χ0v) is 15.0. The molecule has 0 aliphatic heterocycles. The molecule has 0 aromatic rings. The summed E-state index contributed by atoms with van der Waals surface area (Å²) in [5, 5.41) is 0. The molecule has 0 amide bonds. The van der Waals surface area contributed by atoms with Gasteiger partial charge in [0.15, 0.2) is 0 Å². The van der Waals surface area contributed by atoms with Gasteiger partial charge in [0.1, 0.15) is 0 Å². The van der Waals surface area contributed by atoms with E-state index in [1.54, 1.807) is 0 Å². The maximum Gasteiger partial charge on any atom is 2.00 e. The Morgan fingerprint density at radius 3 is 0.556 bits per heavy atom. The minimum Gasteiger partial charge on any atom is -0.750 e. The van der Waals surface area contributed by atoms with E-state index in [1.165, 1.54) is 0 Å². The van der Waals surface area contributed by atoms with Crippen LogP contribution in [-0.2, 0) is 45.4 Å². The summed E-state index contributed by atoms with van der Waals surface area (Å²) < 4.78 is 96.3. The van der Waals surface area contributed by atoms with Gasteiger partial charge in [0, 0.05) is 0 Å². The third-order valence-electron chi connectivity index (χ3n) is 0. The smallest absolute Gasteiger partial charge is 0.750 e. The van der Waals surface area contributed by atoms with Crippen molar-refractivity contribution in [1.29, 1.82) is 0 Å². The fraction of sp³-hybridized carbons (Fsp3) is 0. The quantitative estimate of drug-likeness (QED) is 0.234. The summed E-state index contributed by atoms with van der Waals surface area (Å²) in [5.74, 6) is 0. The number of hydrogen-bond acceptors (Lipinski definition) is 8. The van der Waals surface area contributed by atoms with Crippen LogP contribution in [0.1, 0.15) is 0 Å². The second kappa shape index (κ2) is 31.6. The van der Waals surface area contributed by atoms with Crippen molar-refractivity contribution in [3.8, 4) is 0 Å².